The summed E-state index contributed by atoms with van der Waals surface area (Å²) in [6, 6.07) is 8.20. The first-order valence-electron chi connectivity index (χ1n) is 6.17. The summed E-state index contributed by atoms with van der Waals surface area (Å²) in [6.07, 6.45) is 2.54. The molecule has 1 aliphatic rings. The maximum Gasteiger partial charge on any atom is 0.176 e. The fourth-order valence-electron chi connectivity index (χ4n) is 2.23. The minimum absolute atomic E-state index is 0.165. The van der Waals surface area contributed by atoms with Crippen molar-refractivity contribution in [2.24, 2.45) is 0 Å². The molecule has 0 bridgehead atoms. The number of thioether (sulfide) groups is 1. The zero-order chi connectivity index (χ0) is 12.1. The predicted molar refractivity (Wildman–Crippen MR) is 74.0 cm³/mol. The molecule has 0 spiro atoms. The Bertz CT molecular complexity index is 368. The summed E-state index contributed by atoms with van der Waals surface area (Å²) in [5, 5.41) is 2.89. The van der Waals surface area contributed by atoms with Crippen molar-refractivity contribution in [2.75, 3.05) is 25.1 Å². The van der Waals surface area contributed by atoms with Gasteiger partial charge >= 0.3 is 0 Å². The van der Waals surface area contributed by atoms with E-state index < -0.39 is 0 Å². The Labute approximate surface area is 107 Å². The van der Waals surface area contributed by atoms with Gasteiger partial charge in [-0.15, -0.1) is 0 Å². The van der Waals surface area contributed by atoms with Crippen LogP contribution < -0.4 is 5.32 Å². The highest BCUT2D eigenvalue weighted by atomic mass is 32.2. The number of benzene rings is 1. The molecular formula is C14H19NOS. The summed E-state index contributed by atoms with van der Waals surface area (Å²) < 4.78 is 0. The Kier molecular flexibility index (Phi) is 4.63. The van der Waals surface area contributed by atoms with Crippen LogP contribution in [-0.2, 0) is 0 Å². The Morgan fingerprint density at radius 3 is 2.53 bits per heavy atom. The van der Waals surface area contributed by atoms with Crippen LogP contribution in [0.1, 0.15) is 34.7 Å². The number of nitrogens with one attached hydrogen (secondary N) is 1. The first kappa shape index (κ1) is 12.7. The van der Waals surface area contributed by atoms with Crippen molar-refractivity contribution in [3.63, 3.8) is 0 Å². The number of likely N-dealkylation sites (N-methyl/N-ethyl adjacent to an activating group) is 1. The van der Waals surface area contributed by atoms with Gasteiger partial charge in [0.25, 0.3) is 0 Å². The van der Waals surface area contributed by atoms with Gasteiger partial charge in [0.15, 0.2) is 5.78 Å². The smallest absolute Gasteiger partial charge is 0.176 e. The Morgan fingerprint density at radius 2 is 1.94 bits per heavy atom. The third-order valence-electron chi connectivity index (χ3n) is 3.26. The lowest BCUT2D eigenvalue weighted by molar-refractivity contribution is 0.0993. The summed E-state index contributed by atoms with van der Waals surface area (Å²) in [6.45, 7) is 0.416. The standard InChI is InChI=1S/C14H19NOS/c1-15-10-14(16)13-4-2-11(3-5-13)12-6-8-17-9-7-12/h2-5,12,15H,6-10H2,1H3. The van der Waals surface area contributed by atoms with Gasteiger partial charge in [0.05, 0.1) is 6.54 Å². The summed E-state index contributed by atoms with van der Waals surface area (Å²) >= 11 is 2.05. The van der Waals surface area contributed by atoms with Gasteiger partial charge in [-0.25, -0.2) is 0 Å². The average Bonchev–Trinajstić information content (AvgIpc) is 2.40. The van der Waals surface area contributed by atoms with Gasteiger partial charge in [-0.2, -0.15) is 11.8 Å². The summed E-state index contributed by atoms with van der Waals surface area (Å²) in [7, 11) is 1.80. The number of carbonyl (C=O) groups is 1. The number of ketones is 1. The molecule has 0 radical (unpaired) electrons. The minimum atomic E-state index is 0.165. The van der Waals surface area contributed by atoms with Crippen LogP contribution in [-0.4, -0.2) is 30.9 Å². The lowest BCUT2D eigenvalue weighted by atomic mass is 9.92. The predicted octanol–water partition coefficient (Wildman–Crippen LogP) is 2.70. The van der Waals surface area contributed by atoms with Crippen molar-refractivity contribution in [2.45, 2.75) is 18.8 Å². The third kappa shape index (κ3) is 3.33. The fraction of sp³-hybridized carbons (Fsp3) is 0.500. The molecule has 1 saturated heterocycles. The van der Waals surface area contributed by atoms with Crippen molar-refractivity contribution < 1.29 is 4.79 Å². The monoisotopic (exact) mass is 249 g/mol. The molecular weight excluding hydrogens is 230 g/mol. The first-order valence-corrected chi connectivity index (χ1v) is 7.32. The van der Waals surface area contributed by atoms with Gasteiger partial charge in [0, 0.05) is 5.56 Å². The molecule has 0 aliphatic carbocycles. The van der Waals surface area contributed by atoms with Gasteiger partial charge in [0.1, 0.15) is 0 Å². The minimum Gasteiger partial charge on any atom is -0.313 e. The molecule has 0 amide bonds. The van der Waals surface area contributed by atoms with Crippen LogP contribution in [0.25, 0.3) is 0 Å². The molecule has 1 fully saturated rings. The van der Waals surface area contributed by atoms with Gasteiger partial charge in [0.2, 0.25) is 0 Å². The van der Waals surface area contributed by atoms with Gasteiger partial charge < -0.3 is 5.32 Å². The summed E-state index contributed by atoms with van der Waals surface area (Å²) in [5.41, 5.74) is 2.21. The molecule has 0 aromatic heterocycles. The van der Waals surface area contributed by atoms with Gasteiger partial charge in [-0.1, -0.05) is 24.3 Å². The SMILES string of the molecule is CNCC(=O)c1ccc(C2CCSCC2)cc1. The largest absolute Gasteiger partial charge is 0.313 e. The first-order chi connectivity index (χ1) is 8.31. The van der Waals surface area contributed by atoms with Gasteiger partial charge in [-0.3, -0.25) is 4.79 Å². The molecule has 3 heteroatoms. The second-order valence-corrected chi connectivity index (χ2v) is 5.69. The van der Waals surface area contributed by atoms with Crippen LogP contribution in [0, 0.1) is 0 Å². The van der Waals surface area contributed by atoms with Gasteiger partial charge in [-0.05, 0) is 42.9 Å². The molecule has 1 N–H and O–H groups in total. The summed E-state index contributed by atoms with van der Waals surface area (Å²) in [5.74, 6) is 3.40. The zero-order valence-electron chi connectivity index (χ0n) is 10.2. The lowest BCUT2D eigenvalue weighted by Crippen LogP contribution is -2.18. The molecule has 92 valence electrons. The van der Waals surface area contributed by atoms with Crippen molar-refractivity contribution in [1.82, 2.24) is 5.32 Å². The van der Waals surface area contributed by atoms with E-state index in [1.807, 2.05) is 23.9 Å². The normalized spacial score (nSPS) is 17.0. The quantitative estimate of drug-likeness (QED) is 0.832. The van der Waals surface area contributed by atoms with Crippen molar-refractivity contribution in [3.8, 4) is 0 Å². The molecule has 17 heavy (non-hydrogen) atoms. The maximum absolute atomic E-state index is 11.7. The van der Waals surface area contributed by atoms with Crippen LogP contribution in [0.5, 0.6) is 0 Å². The molecule has 0 unspecified atom stereocenters. The highest BCUT2D eigenvalue weighted by Gasteiger charge is 2.15. The molecule has 1 aromatic carbocycles. The number of rotatable bonds is 4. The Hall–Kier alpha value is -0.800. The van der Waals surface area contributed by atoms with Crippen LogP contribution >= 0.6 is 11.8 Å². The molecule has 1 aromatic rings. The van der Waals surface area contributed by atoms with E-state index in [1.54, 1.807) is 7.05 Å². The van der Waals surface area contributed by atoms with Crippen LogP contribution in [0.4, 0.5) is 0 Å². The Morgan fingerprint density at radius 1 is 1.29 bits per heavy atom. The average molecular weight is 249 g/mol. The van der Waals surface area contributed by atoms with E-state index >= 15 is 0 Å². The van der Waals surface area contributed by atoms with Crippen molar-refractivity contribution in [3.05, 3.63) is 35.4 Å². The van der Waals surface area contributed by atoms with E-state index in [4.69, 9.17) is 0 Å². The van der Waals surface area contributed by atoms with E-state index in [2.05, 4.69) is 17.4 Å². The van der Waals surface area contributed by atoms with Crippen LogP contribution in [0.15, 0.2) is 24.3 Å². The highest BCUT2D eigenvalue weighted by Crippen LogP contribution is 2.31. The third-order valence-corrected chi connectivity index (χ3v) is 4.31. The fourth-order valence-corrected chi connectivity index (χ4v) is 3.34. The number of hydrogen-bond acceptors (Lipinski definition) is 3. The zero-order valence-corrected chi connectivity index (χ0v) is 11.1. The van der Waals surface area contributed by atoms with Crippen LogP contribution in [0.2, 0.25) is 0 Å². The van der Waals surface area contributed by atoms with E-state index in [0.717, 1.165) is 5.56 Å². The summed E-state index contributed by atoms with van der Waals surface area (Å²) in [4.78, 5) is 11.7. The van der Waals surface area contributed by atoms with E-state index in [1.165, 1.54) is 29.9 Å². The highest BCUT2D eigenvalue weighted by molar-refractivity contribution is 7.99. The molecule has 0 saturated carbocycles. The molecule has 1 aliphatic heterocycles. The second kappa shape index (κ2) is 6.22. The van der Waals surface area contributed by atoms with Crippen molar-refractivity contribution >= 4 is 17.5 Å². The lowest BCUT2D eigenvalue weighted by Gasteiger charge is -2.21. The topological polar surface area (TPSA) is 29.1 Å². The second-order valence-electron chi connectivity index (χ2n) is 4.46. The van der Waals surface area contributed by atoms with Crippen LogP contribution in [0.3, 0.4) is 0 Å². The Balaban J connectivity index is 2.04. The van der Waals surface area contributed by atoms with E-state index in [-0.39, 0.29) is 5.78 Å². The molecule has 2 rings (SSSR count). The number of carbonyl (C=O) groups excluding carboxylic acids is 1. The maximum atomic E-state index is 11.7. The molecule has 1 heterocycles. The molecule has 2 nitrogen and oxygen atoms in total. The number of Topliss-reactive ketones (excluding diaryl/α,β-unsaturated/α-hetero) is 1. The van der Waals surface area contributed by atoms with Crippen molar-refractivity contribution in [1.29, 1.82) is 0 Å². The van der Waals surface area contributed by atoms with E-state index in [0.29, 0.717) is 12.5 Å². The molecule has 0 atom stereocenters. The number of hydrogen-bond donors (Lipinski definition) is 1. The van der Waals surface area contributed by atoms with E-state index in [9.17, 15) is 4.79 Å².